The van der Waals surface area contributed by atoms with Crippen molar-refractivity contribution < 1.29 is 19.1 Å². The Morgan fingerprint density at radius 2 is 1.76 bits per heavy atom. The van der Waals surface area contributed by atoms with Crippen LogP contribution in [0.15, 0.2) is 24.3 Å². The summed E-state index contributed by atoms with van der Waals surface area (Å²) in [5, 5.41) is 5.09. The molecule has 116 valence electrons. The van der Waals surface area contributed by atoms with Gasteiger partial charge < -0.3 is 14.8 Å². The van der Waals surface area contributed by atoms with Crippen molar-refractivity contribution in [1.82, 2.24) is 5.32 Å². The van der Waals surface area contributed by atoms with Crippen molar-refractivity contribution in [2.75, 3.05) is 18.5 Å². The molecule has 0 unspecified atom stereocenters. The Balaban J connectivity index is 2.19. The highest BCUT2D eigenvalue weighted by molar-refractivity contribution is 14.1. The number of alkyl carbamates (subject to hydrolysis) is 1. The van der Waals surface area contributed by atoms with Gasteiger partial charge in [0.05, 0.1) is 6.54 Å². The molecular formula is C14H19IN2O4. The molecule has 0 aliphatic rings. The zero-order valence-corrected chi connectivity index (χ0v) is 14.4. The highest BCUT2D eigenvalue weighted by Crippen LogP contribution is 2.11. The molecule has 0 aromatic heterocycles. The molecule has 1 rings (SSSR count). The van der Waals surface area contributed by atoms with Crippen LogP contribution in [0.2, 0.25) is 0 Å². The number of carbonyl (C=O) groups is 2. The lowest BCUT2D eigenvalue weighted by Crippen LogP contribution is -2.34. The van der Waals surface area contributed by atoms with Gasteiger partial charge in [-0.05, 0) is 67.6 Å². The van der Waals surface area contributed by atoms with Crippen LogP contribution in [0.3, 0.4) is 0 Å². The minimum atomic E-state index is -0.567. The molecule has 2 N–H and O–H groups in total. The van der Waals surface area contributed by atoms with Crippen LogP contribution in [-0.2, 0) is 9.47 Å². The van der Waals surface area contributed by atoms with Gasteiger partial charge in [-0.25, -0.2) is 9.59 Å². The Morgan fingerprint density at radius 3 is 2.33 bits per heavy atom. The van der Waals surface area contributed by atoms with E-state index in [4.69, 9.17) is 9.47 Å². The van der Waals surface area contributed by atoms with Crippen LogP contribution in [0, 0.1) is 3.57 Å². The number of hydrogen-bond donors (Lipinski definition) is 2. The van der Waals surface area contributed by atoms with Crippen LogP contribution >= 0.6 is 22.6 Å². The predicted octanol–water partition coefficient (Wildman–Crippen LogP) is 3.36. The van der Waals surface area contributed by atoms with Gasteiger partial charge in [-0.2, -0.15) is 0 Å². The highest BCUT2D eigenvalue weighted by Gasteiger charge is 2.15. The Kier molecular flexibility index (Phi) is 6.73. The molecule has 1 aromatic rings. The van der Waals surface area contributed by atoms with E-state index in [9.17, 15) is 9.59 Å². The van der Waals surface area contributed by atoms with E-state index in [2.05, 4.69) is 33.2 Å². The van der Waals surface area contributed by atoms with Crippen LogP contribution in [0.25, 0.3) is 0 Å². The van der Waals surface area contributed by atoms with Crippen molar-refractivity contribution in [2.24, 2.45) is 0 Å². The van der Waals surface area contributed by atoms with E-state index in [1.165, 1.54) is 0 Å². The van der Waals surface area contributed by atoms with Crippen molar-refractivity contribution in [2.45, 2.75) is 26.4 Å². The number of rotatable bonds is 4. The number of benzene rings is 1. The van der Waals surface area contributed by atoms with E-state index in [0.29, 0.717) is 5.69 Å². The third-order valence-electron chi connectivity index (χ3n) is 2.09. The molecule has 0 heterocycles. The zero-order chi connectivity index (χ0) is 15.9. The second-order valence-corrected chi connectivity index (χ2v) is 6.44. The van der Waals surface area contributed by atoms with Gasteiger partial charge in [-0.1, -0.05) is 0 Å². The maximum atomic E-state index is 11.5. The number of ether oxygens (including phenoxy) is 2. The van der Waals surface area contributed by atoms with Crippen LogP contribution in [0.5, 0.6) is 0 Å². The van der Waals surface area contributed by atoms with E-state index in [0.717, 1.165) is 3.57 Å². The largest absolute Gasteiger partial charge is 0.447 e. The molecule has 0 aliphatic heterocycles. The van der Waals surface area contributed by atoms with Crippen LogP contribution < -0.4 is 10.6 Å². The molecule has 0 saturated carbocycles. The number of carbonyl (C=O) groups excluding carboxylic acids is 2. The quantitative estimate of drug-likeness (QED) is 0.594. The van der Waals surface area contributed by atoms with Gasteiger partial charge in [0.25, 0.3) is 0 Å². The maximum absolute atomic E-state index is 11.5. The SMILES string of the molecule is CC(C)(C)OC(=O)NCCOC(=O)Nc1ccc(I)cc1. The van der Waals surface area contributed by atoms with Crippen molar-refractivity contribution in [3.63, 3.8) is 0 Å². The Morgan fingerprint density at radius 1 is 1.14 bits per heavy atom. The van der Waals surface area contributed by atoms with E-state index in [1.54, 1.807) is 32.9 Å². The zero-order valence-electron chi connectivity index (χ0n) is 12.2. The molecule has 0 saturated heterocycles. The Labute approximate surface area is 137 Å². The van der Waals surface area contributed by atoms with Gasteiger partial charge in [0, 0.05) is 9.26 Å². The Bertz CT molecular complexity index is 483. The average Bonchev–Trinajstić information content (AvgIpc) is 2.35. The molecule has 1 aromatic carbocycles. The summed E-state index contributed by atoms with van der Waals surface area (Å²) < 4.78 is 11.1. The van der Waals surface area contributed by atoms with Crippen LogP contribution in [-0.4, -0.2) is 30.9 Å². The smallest absolute Gasteiger partial charge is 0.411 e. The third-order valence-corrected chi connectivity index (χ3v) is 2.81. The lowest BCUT2D eigenvalue weighted by atomic mass is 10.2. The summed E-state index contributed by atoms with van der Waals surface area (Å²) in [4.78, 5) is 22.8. The van der Waals surface area contributed by atoms with Crippen molar-refractivity contribution in [3.8, 4) is 0 Å². The number of amides is 2. The van der Waals surface area contributed by atoms with Crippen LogP contribution in [0.1, 0.15) is 20.8 Å². The van der Waals surface area contributed by atoms with Gasteiger partial charge in [0.1, 0.15) is 12.2 Å². The maximum Gasteiger partial charge on any atom is 0.411 e. The number of nitrogens with one attached hydrogen (secondary N) is 2. The molecule has 7 heteroatoms. The fourth-order valence-electron chi connectivity index (χ4n) is 1.30. The fourth-order valence-corrected chi connectivity index (χ4v) is 1.66. The normalized spacial score (nSPS) is 10.7. The van der Waals surface area contributed by atoms with Gasteiger partial charge in [-0.15, -0.1) is 0 Å². The highest BCUT2D eigenvalue weighted by atomic mass is 127. The minimum Gasteiger partial charge on any atom is -0.447 e. The van der Waals surface area contributed by atoms with Crippen molar-refractivity contribution in [3.05, 3.63) is 27.8 Å². The summed E-state index contributed by atoms with van der Waals surface area (Å²) in [5.74, 6) is 0. The molecule has 0 fully saturated rings. The first-order valence-corrected chi connectivity index (χ1v) is 7.50. The predicted molar refractivity (Wildman–Crippen MR) is 88.4 cm³/mol. The van der Waals surface area contributed by atoms with E-state index < -0.39 is 17.8 Å². The molecule has 0 atom stereocenters. The molecule has 0 radical (unpaired) electrons. The molecule has 21 heavy (non-hydrogen) atoms. The Hall–Kier alpha value is -1.51. The summed E-state index contributed by atoms with van der Waals surface area (Å²) in [6, 6.07) is 7.31. The van der Waals surface area contributed by atoms with Gasteiger partial charge >= 0.3 is 12.2 Å². The summed E-state index contributed by atoms with van der Waals surface area (Å²) in [6.45, 7) is 5.58. The summed E-state index contributed by atoms with van der Waals surface area (Å²) in [7, 11) is 0. The second-order valence-electron chi connectivity index (χ2n) is 5.20. The summed E-state index contributed by atoms with van der Waals surface area (Å²) in [5.41, 5.74) is 0.105. The topological polar surface area (TPSA) is 76.7 Å². The first-order chi connectivity index (χ1) is 9.76. The molecular weight excluding hydrogens is 387 g/mol. The lowest BCUT2D eigenvalue weighted by Gasteiger charge is -2.19. The second kappa shape index (κ2) is 8.06. The molecule has 2 amide bonds. The van der Waals surface area contributed by atoms with E-state index in [1.807, 2.05) is 12.1 Å². The van der Waals surface area contributed by atoms with Crippen molar-refractivity contribution in [1.29, 1.82) is 0 Å². The van der Waals surface area contributed by atoms with Gasteiger partial charge in [0.2, 0.25) is 0 Å². The summed E-state index contributed by atoms with van der Waals surface area (Å²) >= 11 is 2.18. The lowest BCUT2D eigenvalue weighted by molar-refractivity contribution is 0.0514. The molecule has 0 aliphatic carbocycles. The standard InChI is InChI=1S/C14H19IN2O4/c1-14(2,3)21-12(18)16-8-9-20-13(19)17-11-6-4-10(15)5-7-11/h4-7H,8-9H2,1-3H3,(H,16,18)(H,17,19). The van der Waals surface area contributed by atoms with Crippen LogP contribution in [0.4, 0.5) is 15.3 Å². The molecule has 0 spiro atoms. The minimum absolute atomic E-state index is 0.0649. The molecule has 0 bridgehead atoms. The van der Waals surface area contributed by atoms with Gasteiger partial charge in [-0.3, -0.25) is 5.32 Å². The first kappa shape index (κ1) is 17.5. The number of anilines is 1. The first-order valence-electron chi connectivity index (χ1n) is 6.42. The third kappa shape index (κ3) is 8.38. The van der Waals surface area contributed by atoms with Gasteiger partial charge in [0.15, 0.2) is 0 Å². The average molecular weight is 406 g/mol. The van der Waals surface area contributed by atoms with E-state index >= 15 is 0 Å². The van der Waals surface area contributed by atoms with Crippen molar-refractivity contribution >= 4 is 40.5 Å². The monoisotopic (exact) mass is 406 g/mol. The molecule has 6 nitrogen and oxygen atoms in total. The summed E-state index contributed by atoms with van der Waals surface area (Å²) in [6.07, 6.45) is -1.11. The number of hydrogen-bond acceptors (Lipinski definition) is 4. The fraction of sp³-hybridized carbons (Fsp3) is 0.429. The van der Waals surface area contributed by atoms with E-state index in [-0.39, 0.29) is 13.2 Å². The number of halogens is 1.